The van der Waals surface area contributed by atoms with Crippen LogP contribution in [0.5, 0.6) is 0 Å². The summed E-state index contributed by atoms with van der Waals surface area (Å²) in [5.74, 6) is -1.17. The van der Waals surface area contributed by atoms with Crippen molar-refractivity contribution in [2.45, 2.75) is 32.4 Å². The third-order valence-electron chi connectivity index (χ3n) is 2.78. The Labute approximate surface area is 94.3 Å². The number of rotatable bonds is 5. The highest BCUT2D eigenvalue weighted by Gasteiger charge is 2.29. The van der Waals surface area contributed by atoms with Crippen LogP contribution in [0, 0.1) is 5.82 Å². The Morgan fingerprint density at radius 3 is 2.44 bits per heavy atom. The molecule has 0 heterocycles. The van der Waals surface area contributed by atoms with Crippen LogP contribution in [-0.2, 0) is 11.3 Å². The lowest BCUT2D eigenvalue weighted by atomic mass is 9.99. The Balaban J connectivity index is 2.63. The summed E-state index contributed by atoms with van der Waals surface area (Å²) in [6, 6.07) is 6.00. The predicted molar refractivity (Wildman–Crippen MR) is 59.6 cm³/mol. The van der Waals surface area contributed by atoms with Crippen molar-refractivity contribution in [3.63, 3.8) is 0 Å². The van der Waals surface area contributed by atoms with Crippen molar-refractivity contribution in [1.82, 2.24) is 5.32 Å². The summed E-state index contributed by atoms with van der Waals surface area (Å²) in [5, 5.41) is 12.0. The molecule has 1 aromatic rings. The molecule has 4 heteroatoms. The highest BCUT2D eigenvalue weighted by atomic mass is 19.1. The van der Waals surface area contributed by atoms with Gasteiger partial charge < -0.3 is 5.11 Å². The Bertz CT molecular complexity index is 364. The minimum atomic E-state index is -0.936. The molecule has 0 spiro atoms. The van der Waals surface area contributed by atoms with E-state index in [1.165, 1.54) is 12.1 Å². The predicted octanol–water partition coefficient (Wildman–Crippen LogP) is 2.17. The largest absolute Gasteiger partial charge is 0.480 e. The first-order valence-corrected chi connectivity index (χ1v) is 5.21. The number of carboxylic acids is 1. The van der Waals surface area contributed by atoms with Crippen molar-refractivity contribution in [3.8, 4) is 0 Å². The van der Waals surface area contributed by atoms with E-state index in [4.69, 9.17) is 5.11 Å². The van der Waals surface area contributed by atoms with Crippen LogP contribution in [-0.4, -0.2) is 16.6 Å². The van der Waals surface area contributed by atoms with E-state index >= 15 is 0 Å². The maximum Gasteiger partial charge on any atom is 0.323 e. The standard InChI is InChI=1S/C12H16FNO2/c1-3-12(2,11(15)16)14-8-9-4-6-10(13)7-5-9/h4-7,14H,3,8H2,1-2H3,(H,15,16). The van der Waals surface area contributed by atoms with Crippen molar-refractivity contribution in [2.75, 3.05) is 0 Å². The van der Waals surface area contributed by atoms with E-state index in [9.17, 15) is 9.18 Å². The van der Waals surface area contributed by atoms with Crippen LogP contribution in [0.25, 0.3) is 0 Å². The monoisotopic (exact) mass is 225 g/mol. The zero-order chi connectivity index (χ0) is 12.2. The van der Waals surface area contributed by atoms with E-state index in [2.05, 4.69) is 5.32 Å². The molecular weight excluding hydrogens is 209 g/mol. The second-order valence-electron chi connectivity index (χ2n) is 3.97. The molecule has 0 amide bonds. The normalized spacial score (nSPS) is 14.4. The molecule has 1 atom stereocenters. The van der Waals surface area contributed by atoms with Gasteiger partial charge in [-0.05, 0) is 31.0 Å². The zero-order valence-electron chi connectivity index (χ0n) is 9.46. The minimum Gasteiger partial charge on any atom is -0.480 e. The van der Waals surface area contributed by atoms with Crippen molar-refractivity contribution in [1.29, 1.82) is 0 Å². The van der Waals surface area contributed by atoms with Gasteiger partial charge in [-0.25, -0.2) is 4.39 Å². The highest BCUT2D eigenvalue weighted by Crippen LogP contribution is 2.11. The number of hydrogen-bond acceptors (Lipinski definition) is 2. The average Bonchev–Trinajstić information content (AvgIpc) is 2.27. The van der Waals surface area contributed by atoms with Gasteiger partial charge in [-0.15, -0.1) is 0 Å². The lowest BCUT2D eigenvalue weighted by Crippen LogP contribution is -2.48. The van der Waals surface area contributed by atoms with Gasteiger partial charge >= 0.3 is 5.97 Å². The van der Waals surface area contributed by atoms with Crippen LogP contribution in [0.2, 0.25) is 0 Å². The summed E-state index contributed by atoms with van der Waals surface area (Å²) in [6.07, 6.45) is 0.490. The lowest BCUT2D eigenvalue weighted by molar-refractivity contribution is -0.144. The minimum absolute atomic E-state index is 0.291. The van der Waals surface area contributed by atoms with E-state index in [1.54, 1.807) is 19.1 Å². The summed E-state index contributed by atoms with van der Waals surface area (Å²) in [4.78, 5) is 11.0. The lowest BCUT2D eigenvalue weighted by Gasteiger charge is -2.24. The van der Waals surface area contributed by atoms with Crippen LogP contribution in [0.1, 0.15) is 25.8 Å². The van der Waals surface area contributed by atoms with E-state index < -0.39 is 11.5 Å². The molecule has 88 valence electrons. The molecule has 0 aliphatic carbocycles. The van der Waals surface area contributed by atoms with Crippen molar-refractivity contribution in [3.05, 3.63) is 35.6 Å². The maximum atomic E-state index is 12.6. The topological polar surface area (TPSA) is 49.3 Å². The van der Waals surface area contributed by atoms with Gasteiger partial charge in [0.2, 0.25) is 0 Å². The molecule has 1 rings (SSSR count). The van der Waals surface area contributed by atoms with Crippen LogP contribution in [0.4, 0.5) is 4.39 Å². The summed E-state index contributed by atoms with van der Waals surface area (Å²) in [6.45, 7) is 3.86. The molecular formula is C12H16FNO2. The third-order valence-corrected chi connectivity index (χ3v) is 2.78. The molecule has 0 saturated heterocycles. The van der Waals surface area contributed by atoms with E-state index in [1.807, 2.05) is 6.92 Å². The fraction of sp³-hybridized carbons (Fsp3) is 0.417. The SMILES string of the molecule is CCC(C)(NCc1ccc(F)cc1)C(=O)O. The number of hydrogen-bond donors (Lipinski definition) is 2. The van der Waals surface area contributed by atoms with Gasteiger partial charge in [0, 0.05) is 6.54 Å². The number of carboxylic acid groups (broad SMARTS) is 1. The van der Waals surface area contributed by atoms with E-state index in [0.29, 0.717) is 13.0 Å². The smallest absolute Gasteiger partial charge is 0.323 e. The first-order valence-electron chi connectivity index (χ1n) is 5.21. The number of aliphatic carboxylic acids is 1. The average molecular weight is 225 g/mol. The fourth-order valence-corrected chi connectivity index (χ4v) is 1.25. The summed E-state index contributed by atoms with van der Waals surface area (Å²) >= 11 is 0. The van der Waals surface area contributed by atoms with Crippen molar-refractivity contribution >= 4 is 5.97 Å². The first kappa shape index (κ1) is 12.6. The molecule has 2 N–H and O–H groups in total. The van der Waals surface area contributed by atoms with Gasteiger partial charge in [0.05, 0.1) is 0 Å². The van der Waals surface area contributed by atoms with Crippen LogP contribution in [0.3, 0.4) is 0 Å². The van der Waals surface area contributed by atoms with Crippen LogP contribution in [0.15, 0.2) is 24.3 Å². The first-order chi connectivity index (χ1) is 7.48. The Morgan fingerprint density at radius 1 is 1.44 bits per heavy atom. The van der Waals surface area contributed by atoms with Gasteiger partial charge in [0.15, 0.2) is 0 Å². The molecule has 0 fully saturated rings. The Hall–Kier alpha value is -1.42. The van der Waals surface area contributed by atoms with Gasteiger partial charge in [0.1, 0.15) is 11.4 Å². The molecule has 3 nitrogen and oxygen atoms in total. The maximum absolute atomic E-state index is 12.6. The van der Waals surface area contributed by atoms with Gasteiger partial charge in [-0.2, -0.15) is 0 Å². The van der Waals surface area contributed by atoms with Gasteiger partial charge in [-0.1, -0.05) is 19.1 Å². The molecule has 16 heavy (non-hydrogen) atoms. The molecule has 0 aliphatic heterocycles. The Kier molecular flexibility index (Phi) is 4.01. The number of halogens is 1. The highest BCUT2D eigenvalue weighted by molar-refractivity contribution is 5.78. The number of nitrogens with one attached hydrogen (secondary N) is 1. The molecule has 1 unspecified atom stereocenters. The quantitative estimate of drug-likeness (QED) is 0.807. The summed E-state index contributed by atoms with van der Waals surface area (Å²) in [5.41, 5.74) is -0.0729. The molecule has 0 saturated carbocycles. The van der Waals surface area contributed by atoms with Crippen LogP contribution < -0.4 is 5.32 Å². The molecule has 0 aromatic heterocycles. The summed E-state index contributed by atoms with van der Waals surface area (Å²) < 4.78 is 12.6. The summed E-state index contributed by atoms with van der Waals surface area (Å²) in [7, 11) is 0. The zero-order valence-corrected chi connectivity index (χ0v) is 9.46. The van der Waals surface area contributed by atoms with Crippen molar-refractivity contribution < 1.29 is 14.3 Å². The molecule has 1 aromatic carbocycles. The second-order valence-corrected chi connectivity index (χ2v) is 3.97. The van der Waals surface area contributed by atoms with Crippen molar-refractivity contribution in [2.24, 2.45) is 0 Å². The van der Waals surface area contributed by atoms with E-state index in [0.717, 1.165) is 5.56 Å². The fourth-order valence-electron chi connectivity index (χ4n) is 1.25. The number of benzene rings is 1. The Morgan fingerprint density at radius 2 is 2.00 bits per heavy atom. The third kappa shape index (κ3) is 3.03. The van der Waals surface area contributed by atoms with Crippen LogP contribution >= 0.6 is 0 Å². The van der Waals surface area contributed by atoms with E-state index in [-0.39, 0.29) is 5.82 Å². The molecule has 0 radical (unpaired) electrons. The van der Waals surface area contributed by atoms with Gasteiger partial charge in [0.25, 0.3) is 0 Å². The number of carbonyl (C=O) groups is 1. The molecule has 0 aliphatic rings. The van der Waals surface area contributed by atoms with Gasteiger partial charge in [-0.3, -0.25) is 10.1 Å². The second kappa shape index (κ2) is 5.07. The molecule has 0 bridgehead atoms.